The minimum absolute atomic E-state index is 0.332. The number of benzene rings is 1. The highest BCUT2D eigenvalue weighted by Crippen LogP contribution is 2.35. The molecule has 0 bridgehead atoms. The molecule has 0 spiro atoms. The molecule has 0 saturated carbocycles. The highest BCUT2D eigenvalue weighted by atomic mass is 79.9. The van der Waals surface area contributed by atoms with Gasteiger partial charge in [-0.3, -0.25) is 4.79 Å². The Labute approximate surface area is 116 Å². The largest absolute Gasteiger partial charge is 0.496 e. The van der Waals surface area contributed by atoms with E-state index >= 15 is 0 Å². The number of rotatable bonds is 4. The van der Waals surface area contributed by atoms with Crippen LogP contribution >= 0.6 is 15.9 Å². The van der Waals surface area contributed by atoms with Gasteiger partial charge in [0.1, 0.15) is 5.75 Å². The molecule has 5 heteroatoms. The standard InChI is InChI=1S/C13H18BrNO3/c1-13(2,12(16)18-4)11(15)8-5-6-10(17-3)9(14)7-8/h5-7,11H,15H2,1-4H3/t11-/m1/s1. The summed E-state index contributed by atoms with van der Waals surface area (Å²) in [7, 11) is 2.96. The van der Waals surface area contributed by atoms with E-state index in [9.17, 15) is 4.79 Å². The average Bonchev–Trinajstić information content (AvgIpc) is 2.36. The van der Waals surface area contributed by atoms with Crippen LogP contribution in [0.4, 0.5) is 0 Å². The summed E-state index contributed by atoms with van der Waals surface area (Å²) >= 11 is 3.40. The molecule has 18 heavy (non-hydrogen) atoms. The van der Waals surface area contributed by atoms with Crippen LogP contribution in [0.3, 0.4) is 0 Å². The second-order valence-electron chi connectivity index (χ2n) is 4.58. The van der Waals surface area contributed by atoms with Crippen LogP contribution in [0.25, 0.3) is 0 Å². The summed E-state index contributed by atoms with van der Waals surface area (Å²) in [6, 6.07) is 5.06. The van der Waals surface area contributed by atoms with Gasteiger partial charge in [-0.1, -0.05) is 6.07 Å². The Morgan fingerprint density at radius 3 is 2.44 bits per heavy atom. The van der Waals surface area contributed by atoms with Gasteiger partial charge in [0.15, 0.2) is 0 Å². The van der Waals surface area contributed by atoms with Gasteiger partial charge in [-0.15, -0.1) is 0 Å². The van der Waals surface area contributed by atoms with Crippen molar-refractivity contribution >= 4 is 21.9 Å². The number of methoxy groups -OCH3 is 2. The zero-order valence-corrected chi connectivity index (χ0v) is 12.6. The van der Waals surface area contributed by atoms with Crippen LogP contribution in [0.1, 0.15) is 25.5 Å². The topological polar surface area (TPSA) is 61.5 Å². The molecular formula is C13H18BrNO3. The van der Waals surface area contributed by atoms with Gasteiger partial charge in [-0.2, -0.15) is 0 Å². The number of carbonyl (C=O) groups is 1. The summed E-state index contributed by atoms with van der Waals surface area (Å²) < 4.78 is 10.7. The normalized spacial score (nSPS) is 13.0. The first-order valence-electron chi connectivity index (χ1n) is 5.52. The Balaban J connectivity index is 3.07. The molecule has 1 atom stereocenters. The van der Waals surface area contributed by atoms with E-state index in [-0.39, 0.29) is 5.97 Å². The van der Waals surface area contributed by atoms with Crippen LogP contribution in [-0.4, -0.2) is 20.2 Å². The Kier molecular flexibility index (Phi) is 4.76. The summed E-state index contributed by atoms with van der Waals surface area (Å²) in [6.45, 7) is 3.53. The van der Waals surface area contributed by atoms with Crippen molar-refractivity contribution < 1.29 is 14.3 Å². The lowest BCUT2D eigenvalue weighted by atomic mass is 9.81. The molecule has 0 amide bonds. The van der Waals surface area contributed by atoms with Crippen molar-refractivity contribution in [3.63, 3.8) is 0 Å². The molecule has 0 aromatic heterocycles. The second-order valence-corrected chi connectivity index (χ2v) is 5.44. The maximum Gasteiger partial charge on any atom is 0.313 e. The van der Waals surface area contributed by atoms with Gasteiger partial charge in [0.2, 0.25) is 0 Å². The molecule has 0 aliphatic rings. The molecule has 1 rings (SSSR count). The second kappa shape index (κ2) is 5.71. The molecule has 0 unspecified atom stereocenters. The lowest BCUT2D eigenvalue weighted by Crippen LogP contribution is -2.37. The molecule has 0 aliphatic heterocycles. The van der Waals surface area contributed by atoms with E-state index in [0.717, 1.165) is 15.8 Å². The van der Waals surface area contributed by atoms with Crippen molar-refractivity contribution in [3.05, 3.63) is 28.2 Å². The maximum atomic E-state index is 11.7. The van der Waals surface area contributed by atoms with Gasteiger partial charge in [0.05, 0.1) is 24.1 Å². The minimum Gasteiger partial charge on any atom is -0.496 e. The zero-order chi connectivity index (χ0) is 13.9. The van der Waals surface area contributed by atoms with Gasteiger partial charge in [0.25, 0.3) is 0 Å². The van der Waals surface area contributed by atoms with Crippen molar-refractivity contribution in [2.24, 2.45) is 11.1 Å². The summed E-state index contributed by atoms with van der Waals surface area (Å²) in [5, 5.41) is 0. The minimum atomic E-state index is -0.789. The predicted molar refractivity (Wildman–Crippen MR) is 73.4 cm³/mol. The van der Waals surface area contributed by atoms with E-state index in [1.807, 2.05) is 18.2 Å². The number of esters is 1. The van der Waals surface area contributed by atoms with Gasteiger partial charge in [-0.25, -0.2) is 0 Å². The summed E-state index contributed by atoms with van der Waals surface area (Å²) in [5.74, 6) is 0.392. The van der Waals surface area contributed by atoms with Crippen LogP contribution in [0, 0.1) is 5.41 Å². The highest BCUT2D eigenvalue weighted by molar-refractivity contribution is 9.10. The van der Waals surface area contributed by atoms with Crippen molar-refractivity contribution in [1.29, 1.82) is 0 Å². The molecule has 2 N–H and O–H groups in total. The lowest BCUT2D eigenvalue weighted by Gasteiger charge is -2.29. The molecule has 0 saturated heterocycles. The molecule has 0 aliphatic carbocycles. The first kappa shape index (κ1) is 15.0. The molecular weight excluding hydrogens is 298 g/mol. The molecule has 4 nitrogen and oxygen atoms in total. The zero-order valence-electron chi connectivity index (χ0n) is 11.0. The van der Waals surface area contributed by atoms with Gasteiger partial charge < -0.3 is 15.2 Å². The number of ether oxygens (including phenoxy) is 2. The summed E-state index contributed by atoms with van der Waals surface area (Å²) in [6.07, 6.45) is 0. The molecule has 0 radical (unpaired) electrons. The number of hydrogen-bond acceptors (Lipinski definition) is 4. The van der Waals surface area contributed by atoms with Crippen molar-refractivity contribution in [2.45, 2.75) is 19.9 Å². The van der Waals surface area contributed by atoms with Crippen molar-refractivity contribution in [2.75, 3.05) is 14.2 Å². The van der Waals surface area contributed by atoms with Crippen molar-refractivity contribution in [1.82, 2.24) is 0 Å². The molecule has 1 aromatic carbocycles. The Bertz CT molecular complexity index is 446. The number of carbonyl (C=O) groups excluding carboxylic acids is 1. The van der Waals surface area contributed by atoms with Crippen LogP contribution in [0.15, 0.2) is 22.7 Å². The van der Waals surface area contributed by atoms with E-state index in [1.165, 1.54) is 7.11 Å². The van der Waals surface area contributed by atoms with Crippen LogP contribution in [0.2, 0.25) is 0 Å². The fourth-order valence-electron chi connectivity index (χ4n) is 1.68. The highest BCUT2D eigenvalue weighted by Gasteiger charge is 2.36. The smallest absolute Gasteiger partial charge is 0.313 e. The fraction of sp³-hybridized carbons (Fsp3) is 0.462. The van der Waals surface area contributed by atoms with E-state index in [4.69, 9.17) is 15.2 Å². The Morgan fingerprint density at radius 2 is 2.00 bits per heavy atom. The number of halogens is 1. The van der Waals surface area contributed by atoms with E-state index in [2.05, 4.69) is 15.9 Å². The van der Waals surface area contributed by atoms with Crippen molar-refractivity contribution in [3.8, 4) is 5.75 Å². The molecule has 0 heterocycles. The van der Waals surface area contributed by atoms with E-state index in [1.54, 1.807) is 21.0 Å². The summed E-state index contributed by atoms with van der Waals surface area (Å²) in [4.78, 5) is 11.7. The number of hydrogen-bond donors (Lipinski definition) is 1. The summed E-state index contributed by atoms with van der Waals surface area (Å²) in [5.41, 5.74) is 6.20. The third kappa shape index (κ3) is 2.84. The van der Waals surface area contributed by atoms with E-state index < -0.39 is 11.5 Å². The van der Waals surface area contributed by atoms with E-state index in [0.29, 0.717) is 0 Å². The number of nitrogens with two attached hydrogens (primary N) is 1. The Morgan fingerprint density at radius 1 is 1.39 bits per heavy atom. The first-order valence-corrected chi connectivity index (χ1v) is 6.31. The van der Waals surface area contributed by atoms with Gasteiger partial charge in [-0.05, 0) is 47.5 Å². The molecule has 1 aromatic rings. The van der Waals surface area contributed by atoms with Crippen LogP contribution in [0.5, 0.6) is 5.75 Å². The molecule has 0 fully saturated rings. The SMILES string of the molecule is COC(=O)C(C)(C)[C@H](N)c1ccc(OC)c(Br)c1. The van der Waals surface area contributed by atoms with Gasteiger partial charge >= 0.3 is 5.97 Å². The molecule has 100 valence electrons. The average molecular weight is 316 g/mol. The van der Waals surface area contributed by atoms with Crippen LogP contribution < -0.4 is 10.5 Å². The monoisotopic (exact) mass is 315 g/mol. The quantitative estimate of drug-likeness (QED) is 0.868. The fourth-order valence-corrected chi connectivity index (χ4v) is 2.24. The van der Waals surface area contributed by atoms with Crippen LogP contribution in [-0.2, 0) is 9.53 Å². The maximum absolute atomic E-state index is 11.7. The third-order valence-corrected chi connectivity index (χ3v) is 3.64. The lowest BCUT2D eigenvalue weighted by molar-refractivity contribution is -0.152. The predicted octanol–water partition coefficient (Wildman–Crippen LogP) is 2.66. The van der Waals surface area contributed by atoms with Gasteiger partial charge in [0, 0.05) is 6.04 Å². The third-order valence-electron chi connectivity index (χ3n) is 3.02. The first-order chi connectivity index (χ1) is 8.34. The Hall–Kier alpha value is -1.07.